The van der Waals surface area contributed by atoms with E-state index >= 15 is 0 Å². The number of aromatic nitrogens is 1. The Bertz CT molecular complexity index is 1220. The molecule has 2 N–H and O–H groups in total. The fourth-order valence-corrected chi connectivity index (χ4v) is 2.96. The van der Waals surface area contributed by atoms with Gasteiger partial charge in [0.05, 0.1) is 22.5 Å². The largest absolute Gasteiger partial charge is 0.494 e. The highest BCUT2D eigenvalue weighted by Gasteiger charge is 2.36. The summed E-state index contributed by atoms with van der Waals surface area (Å²) < 4.78 is 81.5. The molecule has 28 heavy (non-hydrogen) atoms. The van der Waals surface area contributed by atoms with Gasteiger partial charge < -0.3 is 10.1 Å². The molecule has 4 rings (SSSR count). The first-order valence-electron chi connectivity index (χ1n) is 7.57. The predicted molar refractivity (Wildman–Crippen MR) is 84.1 cm³/mol. The Balaban J connectivity index is 1.94. The number of benzene rings is 2. The number of amides is 1. The number of H-pyrrole nitrogens is 1. The second-order valence-electron chi connectivity index (χ2n) is 5.86. The topological polar surface area (TPSA) is 65.4 Å². The van der Waals surface area contributed by atoms with Crippen molar-refractivity contribution >= 4 is 11.6 Å². The molecule has 0 unspecified atom stereocenters. The summed E-state index contributed by atoms with van der Waals surface area (Å²) in [6, 6.07) is 1.37. The van der Waals surface area contributed by atoms with Gasteiger partial charge in [-0.05, 0) is 12.1 Å². The summed E-state index contributed by atoms with van der Waals surface area (Å²) in [6.07, 6.45) is 0. The Morgan fingerprint density at radius 3 is 1.82 bits per heavy atom. The van der Waals surface area contributed by atoms with Gasteiger partial charge in [0.15, 0.2) is 29.1 Å². The van der Waals surface area contributed by atoms with Gasteiger partial charge in [-0.15, -0.1) is 0 Å². The first-order valence-corrected chi connectivity index (χ1v) is 7.57. The normalized spacial score (nSPS) is 13.1. The SMILES string of the molecule is O=C1N=C(c2cc(F)c(F)cc2F)c2c(O)[nH]c(-c3cc(F)c(F)cc3F)c21. The van der Waals surface area contributed by atoms with Crippen LogP contribution in [-0.4, -0.2) is 21.7 Å². The maximum atomic E-state index is 14.1. The Kier molecular flexibility index (Phi) is 3.81. The van der Waals surface area contributed by atoms with E-state index in [0.717, 1.165) is 0 Å². The van der Waals surface area contributed by atoms with E-state index in [1.54, 1.807) is 0 Å². The van der Waals surface area contributed by atoms with Crippen LogP contribution in [0.3, 0.4) is 0 Å². The zero-order valence-electron chi connectivity index (χ0n) is 13.4. The van der Waals surface area contributed by atoms with Gasteiger partial charge in [-0.2, -0.15) is 0 Å². The standard InChI is InChI=1S/C18H6F6N2O2/c19-7-3-11(23)9(21)1-5(7)15-13-14(18(28)25-15)16(26-17(13)27)6-2-10(22)12(24)4-8(6)20/h1-4,25,28H. The number of nitrogens with one attached hydrogen (secondary N) is 1. The van der Waals surface area contributed by atoms with Crippen LogP contribution in [0.1, 0.15) is 21.5 Å². The smallest absolute Gasteiger partial charge is 0.280 e. The van der Waals surface area contributed by atoms with Gasteiger partial charge in [0, 0.05) is 23.3 Å². The third kappa shape index (κ3) is 2.48. The highest BCUT2D eigenvalue weighted by Crippen LogP contribution is 2.39. The van der Waals surface area contributed by atoms with Crippen LogP contribution in [0.25, 0.3) is 11.3 Å². The minimum absolute atomic E-state index is 0.231. The number of fused-ring (bicyclic) bond motifs is 1. The van der Waals surface area contributed by atoms with Gasteiger partial charge >= 0.3 is 0 Å². The molecule has 0 saturated heterocycles. The molecule has 0 bridgehead atoms. The minimum Gasteiger partial charge on any atom is -0.494 e. The summed E-state index contributed by atoms with van der Waals surface area (Å²) in [4.78, 5) is 18.0. The molecule has 10 heteroatoms. The summed E-state index contributed by atoms with van der Waals surface area (Å²) >= 11 is 0. The molecule has 4 nitrogen and oxygen atoms in total. The van der Waals surface area contributed by atoms with Crippen LogP contribution < -0.4 is 0 Å². The summed E-state index contributed by atoms with van der Waals surface area (Å²) in [5, 5.41) is 10.1. The number of carbonyl (C=O) groups excluding carboxylic acids is 1. The van der Waals surface area contributed by atoms with E-state index in [-0.39, 0.29) is 12.1 Å². The average Bonchev–Trinajstić information content (AvgIpc) is 3.13. The molecule has 142 valence electrons. The van der Waals surface area contributed by atoms with Crippen molar-refractivity contribution in [3.63, 3.8) is 0 Å². The number of nitrogens with zero attached hydrogens (tertiary/aromatic N) is 1. The summed E-state index contributed by atoms with van der Waals surface area (Å²) in [7, 11) is 0. The van der Waals surface area contributed by atoms with E-state index in [2.05, 4.69) is 9.98 Å². The molecule has 3 aromatic rings. The van der Waals surface area contributed by atoms with Gasteiger partial charge in [-0.25, -0.2) is 31.3 Å². The third-order valence-electron chi connectivity index (χ3n) is 4.19. The van der Waals surface area contributed by atoms with Crippen molar-refractivity contribution in [1.29, 1.82) is 0 Å². The Hall–Kier alpha value is -3.56. The number of aromatic amines is 1. The third-order valence-corrected chi connectivity index (χ3v) is 4.19. The fourth-order valence-electron chi connectivity index (χ4n) is 2.96. The highest BCUT2D eigenvalue weighted by atomic mass is 19.2. The van der Waals surface area contributed by atoms with Gasteiger partial charge in [0.1, 0.15) is 11.6 Å². The maximum absolute atomic E-state index is 14.1. The van der Waals surface area contributed by atoms with Crippen molar-refractivity contribution in [2.75, 3.05) is 0 Å². The van der Waals surface area contributed by atoms with Gasteiger partial charge in [0.25, 0.3) is 5.91 Å². The molecular weight excluding hydrogens is 390 g/mol. The zero-order chi connectivity index (χ0) is 20.3. The van der Waals surface area contributed by atoms with Crippen molar-refractivity contribution < 1.29 is 36.2 Å². The lowest BCUT2D eigenvalue weighted by molar-refractivity contribution is 0.101. The van der Waals surface area contributed by atoms with Gasteiger partial charge in [0.2, 0.25) is 0 Å². The predicted octanol–water partition coefficient (Wildman–Crippen LogP) is 4.21. The number of halogens is 6. The highest BCUT2D eigenvalue weighted by molar-refractivity contribution is 6.30. The van der Waals surface area contributed by atoms with Gasteiger partial charge in [-0.1, -0.05) is 0 Å². The van der Waals surface area contributed by atoms with E-state index in [9.17, 15) is 36.2 Å². The Morgan fingerprint density at radius 2 is 1.21 bits per heavy atom. The molecule has 1 amide bonds. The van der Waals surface area contributed by atoms with Crippen LogP contribution in [0.15, 0.2) is 29.3 Å². The number of aliphatic imine (C=N–C) groups is 1. The molecule has 1 aliphatic heterocycles. The molecule has 0 radical (unpaired) electrons. The molecule has 0 fully saturated rings. The van der Waals surface area contributed by atoms with E-state index < -0.39 is 80.3 Å². The van der Waals surface area contributed by atoms with Crippen molar-refractivity contribution in [2.45, 2.75) is 0 Å². The summed E-state index contributed by atoms with van der Waals surface area (Å²) in [5.41, 5.74) is -3.05. The number of rotatable bonds is 2. The van der Waals surface area contributed by atoms with Crippen molar-refractivity contribution in [2.24, 2.45) is 4.99 Å². The van der Waals surface area contributed by atoms with Crippen LogP contribution in [0, 0.1) is 34.9 Å². The van der Waals surface area contributed by atoms with E-state index in [1.165, 1.54) is 0 Å². The van der Waals surface area contributed by atoms with Crippen molar-refractivity contribution in [1.82, 2.24) is 4.98 Å². The lowest BCUT2D eigenvalue weighted by Gasteiger charge is -2.04. The molecule has 2 heterocycles. The first kappa shape index (κ1) is 17.8. The number of aromatic hydroxyl groups is 1. The number of hydrogen-bond donors (Lipinski definition) is 2. The van der Waals surface area contributed by atoms with Crippen molar-refractivity contribution in [3.8, 4) is 17.1 Å². The molecule has 1 aromatic heterocycles. The van der Waals surface area contributed by atoms with Crippen molar-refractivity contribution in [3.05, 3.63) is 75.9 Å². The van der Waals surface area contributed by atoms with Crippen LogP contribution in [0.2, 0.25) is 0 Å². The Labute approximate surface area is 151 Å². The number of carbonyl (C=O) groups is 1. The van der Waals surface area contributed by atoms with E-state index in [4.69, 9.17) is 0 Å². The maximum Gasteiger partial charge on any atom is 0.280 e. The Morgan fingerprint density at radius 1 is 0.714 bits per heavy atom. The molecular formula is C18H6F6N2O2. The lowest BCUT2D eigenvalue weighted by atomic mass is 9.99. The molecule has 0 atom stereocenters. The molecule has 1 aliphatic rings. The second kappa shape index (κ2) is 5.98. The number of hydrogen-bond acceptors (Lipinski definition) is 2. The monoisotopic (exact) mass is 396 g/mol. The second-order valence-corrected chi connectivity index (χ2v) is 5.86. The van der Waals surface area contributed by atoms with E-state index in [0.29, 0.717) is 12.1 Å². The zero-order valence-corrected chi connectivity index (χ0v) is 13.4. The summed E-state index contributed by atoms with van der Waals surface area (Å²) in [5.74, 6) is -10.2. The quantitative estimate of drug-likeness (QED) is 0.504. The van der Waals surface area contributed by atoms with E-state index in [1.807, 2.05) is 0 Å². The van der Waals surface area contributed by atoms with Crippen LogP contribution >= 0.6 is 0 Å². The van der Waals surface area contributed by atoms with Gasteiger partial charge in [-0.3, -0.25) is 4.79 Å². The fraction of sp³-hybridized carbons (Fsp3) is 0. The van der Waals surface area contributed by atoms with Crippen LogP contribution in [0.5, 0.6) is 5.88 Å². The van der Waals surface area contributed by atoms with Crippen LogP contribution in [-0.2, 0) is 0 Å². The molecule has 0 saturated carbocycles. The first-order chi connectivity index (χ1) is 13.2. The average molecular weight is 396 g/mol. The molecule has 2 aromatic carbocycles. The van der Waals surface area contributed by atoms with Crippen LogP contribution in [0.4, 0.5) is 26.3 Å². The summed E-state index contributed by atoms with van der Waals surface area (Å²) in [6.45, 7) is 0. The molecule has 0 aliphatic carbocycles. The lowest BCUT2D eigenvalue weighted by Crippen LogP contribution is -2.05. The minimum atomic E-state index is -1.48. The molecule has 0 spiro atoms.